The maximum absolute atomic E-state index is 13.4. The molecule has 0 aliphatic heterocycles. The van der Waals surface area contributed by atoms with Crippen LogP contribution in [-0.4, -0.2) is 18.0 Å². The average Bonchev–Trinajstić information content (AvgIpc) is 3.14. The second-order valence-corrected chi connectivity index (χ2v) is 4.35. The summed E-state index contributed by atoms with van der Waals surface area (Å²) in [4.78, 5) is 11.5. The number of nitrogens with zero attached hydrogens (tertiary/aromatic N) is 1. The van der Waals surface area contributed by atoms with Gasteiger partial charge in [0.15, 0.2) is 0 Å². The molecule has 1 aromatic carbocycles. The van der Waals surface area contributed by atoms with Crippen molar-refractivity contribution in [2.45, 2.75) is 31.3 Å². The standard InChI is InChI=1S/C13H14FN3O/c14-11-3-1-2-4-12(11)16-10(8-15)7-13(18)17-9-5-6-9/h1-4,9-10,16H,5-7H2,(H,17,18). The fraction of sp³-hybridized carbons (Fsp3) is 0.385. The Bertz CT molecular complexity index is 479. The third-order valence-electron chi connectivity index (χ3n) is 2.69. The number of carbonyl (C=O) groups is 1. The van der Waals surface area contributed by atoms with Crippen LogP contribution in [0.4, 0.5) is 10.1 Å². The van der Waals surface area contributed by atoms with Gasteiger partial charge in [0.1, 0.15) is 11.9 Å². The molecule has 4 nitrogen and oxygen atoms in total. The molecule has 2 N–H and O–H groups in total. The van der Waals surface area contributed by atoms with E-state index in [4.69, 9.17) is 5.26 Å². The molecule has 0 heterocycles. The highest BCUT2D eigenvalue weighted by Crippen LogP contribution is 2.19. The Kier molecular flexibility index (Phi) is 3.78. The van der Waals surface area contributed by atoms with Crippen molar-refractivity contribution in [2.24, 2.45) is 0 Å². The van der Waals surface area contributed by atoms with Crippen molar-refractivity contribution in [3.63, 3.8) is 0 Å². The van der Waals surface area contributed by atoms with Gasteiger partial charge in [-0.2, -0.15) is 5.26 Å². The van der Waals surface area contributed by atoms with Gasteiger partial charge in [-0.3, -0.25) is 4.79 Å². The summed E-state index contributed by atoms with van der Waals surface area (Å²) < 4.78 is 13.4. The number of amides is 1. The van der Waals surface area contributed by atoms with Gasteiger partial charge >= 0.3 is 0 Å². The Morgan fingerprint density at radius 1 is 1.50 bits per heavy atom. The zero-order chi connectivity index (χ0) is 13.0. The van der Waals surface area contributed by atoms with Gasteiger partial charge in [0.05, 0.1) is 18.2 Å². The molecule has 1 atom stereocenters. The number of carbonyl (C=O) groups excluding carboxylic acids is 1. The summed E-state index contributed by atoms with van der Waals surface area (Å²) in [5.74, 6) is -0.603. The molecule has 0 bridgehead atoms. The molecule has 2 rings (SSSR count). The van der Waals surface area contributed by atoms with Crippen molar-refractivity contribution in [3.05, 3.63) is 30.1 Å². The molecule has 1 aliphatic rings. The van der Waals surface area contributed by atoms with Gasteiger partial charge in [0.2, 0.25) is 5.91 Å². The number of hydrogen-bond acceptors (Lipinski definition) is 3. The van der Waals surface area contributed by atoms with Crippen LogP contribution in [0.5, 0.6) is 0 Å². The number of hydrogen-bond donors (Lipinski definition) is 2. The zero-order valence-electron chi connectivity index (χ0n) is 9.82. The largest absolute Gasteiger partial charge is 0.367 e. The van der Waals surface area contributed by atoms with Crippen molar-refractivity contribution in [1.29, 1.82) is 5.26 Å². The molecule has 1 unspecified atom stereocenters. The number of para-hydroxylation sites is 1. The first-order chi connectivity index (χ1) is 8.69. The third kappa shape index (κ3) is 3.45. The van der Waals surface area contributed by atoms with Crippen molar-refractivity contribution >= 4 is 11.6 Å². The summed E-state index contributed by atoms with van der Waals surface area (Å²) in [6, 6.07) is 7.60. The summed E-state index contributed by atoms with van der Waals surface area (Å²) in [5, 5.41) is 14.5. The molecule has 1 aliphatic carbocycles. The van der Waals surface area contributed by atoms with Crippen molar-refractivity contribution in [3.8, 4) is 6.07 Å². The van der Waals surface area contributed by atoms with E-state index in [1.54, 1.807) is 18.2 Å². The third-order valence-corrected chi connectivity index (χ3v) is 2.69. The summed E-state index contributed by atoms with van der Waals surface area (Å²) in [6.45, 7) is 0. The Labute approximate surface area is 105 Å². The highest BCUT2D eigenvalue weighted by molar-refractivity contribution is 5.78. The van der Waals surface area contributed by atoms with E-state index in [0.717, 1.165) is 12.8 Å². The quantitative estimate of drug-likeness (QED) is 0.833. The first-order valence-corrected chi connectivity index (χ1v) is 5.89. The van der Waals surface area contributed by atoms with Crippen LogP contribution in [0.25, 0.3) is 0 Å². The summed E-state index contributed by atoms with van der Waals surface area (Å²) >= 11 is 0. The van der Waals surface area contributed by atoms with Gasteiger partial charge in [-0.05, 0) is 25.0 Å². The van der Waals surface area contributed by atoms with Crippen LogP contribution >= 0.6 is 0 Å². The van der Waals surface area contributed by atoms with Crippen LogP contribution in [0.1, 0.15) is 19.3 Å². The minimum Gasteiger partial charge on any atom is -0.367 e. The van der Waals surface area contributed by atoms with Gasteiger partial charge in [0, 0.05) is 6.04 Å². The fourth-order valence-corrected chi connectivity index (χ4v) is 1.59. The lowest BCUT2D eigenvalue weighted by Crippen LogP contribution is -2.31. The van der Waals surface area contributed by atoms with E-state index in [1.807, 2.05) is 6.07 Å². The molecule has 1 amide bonds. The molecule has 18 heavy (non-hydrogen) atoms. The minimum absolute atomic E-state index is 0.0291. The second-order valence-electron chi connectivity index (χ2n) is 4.35. The predicted molar refractivity (Wildman–Crippen MR) is 65.2 cm³/mol. The molecular formula is C13H14FN3O. The SMILES string of the molecule is N#CC(CC(=O)NC1CC1)Nc1ccccc1F. The minimum atomic E-state index is -0.722. The summed E-state index contributed by atoms with van der Waals surface area (Å²) in [6.07, 6.45) is 2.04. The van der Waals surface area contributed by atoms with Crippen molar-refractivity contribution < 1.29 is 9.18 Å². The maximum atomic E-state index is 13.4. The molecule has 1 saturated carbocycles. The number of anilines is 1. The van der Waals surface area contributed by atoms with Crippen molar-refractivity contribution in [1.82, 2.24) is 5.32 Å². The van der Waals surface area contributed by atoms with Crippen LogP contribution in [0.15, 0.2) is 24.3 Å². The number of rotatable bonds is 5. The van der Waals surface area contributed by atoms with Crippen LogP contribution in [-0.2, 0) is 4.79 Å². The molecule has 0 spiro atoms. The normalized spacial score (nSPS) is 15.6. The van der Waals surface area contributed by atoms with E-state index in [-0.39, 0.29) is 24.1 Å². The molecule has 5 heteroatoms. The Morgan fingerprint density at radius 2 is 2.22 bits per heavy atom. The van der Waals surface area contributed by atoms with E-state index in [2.05, 4.69) is 10.6 Å². The molecule has 0 saturated heterocycles. The van der Waals surface area contributed by atoms with Crippen LogP contribution in [0, 0.1) is 17.1 Å². The number of nitrogens with one attached hydrogen (secondary N) is 2. The Balaban J connectivity index is 1.90. The van der Waals surface area contributed by atoms with Crippen LogP contribution < -0.4 is 10.6 Å². The van der Waals surface area contributed by atoms with Crippen LogP contribution in [0.3, 0.4) is 0 Å². The predicted octanol–water partition coefficient (Wildman–Crippen LogP) is 1.80. The van der Waals surface area contributed by atoms with Gasteiger partial charge in [-0.1, -0.05) is 12.1 Å². The highest BCUT2D eigenvalue weighted by atomic mass is 19.1. The fourth-order valence-electron chi connectivity index (χ4n) is 1.59. The topological polar surface area (TPSA) is 64.9 Å². The second kappa shape index (κ2) is 5.50. The lowest BCUT2D eigenvalue weighted by Gasteiger charge is -2.13. The van der Waals surface area contributed by atoms with E-state index in [0.29, 0.717) is 0 Å². The zero-order valence-corrected chi connectivity index (χ0v) is 9.82. The highest BCUT2D eigenvalue weighted by Gasteiger charge is 2.24. The first kappa shape index (κ1) is 12.4. The summed E-state index contributed by atoms with van der Waals surface area (Å²) in [5.41, 5.74) is 0.239. The number of benzene rings is 1. The first-order valence-electron chi connectivity index (χ1n) is 5.89. The molecule has 0 aromatic heterocycles. The van der Waals surface area contributed by atoms with E-state index >= 15 is 0 Å². The number of nitriles is 1. The van der Waals surface area contributed by atoms with Gasteiger partial charge in [-0.15, -0.1) is 0 Å². The van der Waals surface area contributed by atoms with Gasteiger partial charge in [0.25, 0.3) is 0 Å². The summed E-state index contributed by atoms with van der Waals surface area (Å²) in [7, 11) is 0. The molecule has 0 radical (unpaired) electrons. The monoisotopic (exact) mass is 247 g/mol. The van der Waals surface area contributed by atoms with Crippen LogP contribution in [0.2, 0.25) is 0 Å². The average molecular weight is 247 g/mol. The van der Waals surface area contributed by atoms with E-state index in [9.17, 15) is 9.18 Å². The van der Waals surface area contributed by atoms with Gasteiger partial charge in [-0.25, -0.2) is 4.39 Å². The molecule has 94 valence electrons. The maximum Gasteiger partial charge on any atom is 0.223 e. The molecule has 1 fully saturated rings. The van der Waals surface area contributed by atoms with E-state index in [1.165, 1.54) is 6.07 Å². The number of halogens is 1. The van der Waals surface area contributed by atoms with Gasteiger partial charge < -0.3 is 10.6 Å². The molecular weight excluding hydrogens is 233 g/mol. The Morgan fingerprint density at radius 3 is 2.83 bits per heavy atom. The smallest absolute Gasteiger partial charge is 0.223 e. The van der Waals surface area contributed by atoms with Crippen molar-refractivity contribution in [2.75, 3.05) is 5.32 Å². The lowest BCUT2D eigenvalue weighted by molar-refractivity contribution is -0.121. The van der Waals surface area contributed by atoms with E-state index < -0.39 is 11.9 Å². The Hall–Kier alpha value is -2.09. The lowest BCUT2D eigenvalue weighted by atomic mass is 10.2. The molecule has 1 aromatic rings.